The zero-order chi connectivity index (χ0) is 11.8. The average Bonchev–Trinajstić information content (AvgIpc) is 2.30. The molecule has 0 aliphatic rings. The molecule has 1 unspecified atom stereocenters. The molecule has 0 heterocycles. The van der Waals surface area contributed by atoms with Gasteiger partial charge in [0.15, 0.2) is 0 Å². The van der Waals surface area contributed by atoms with Crippen molar-refractivity contribution >= 4 is 11.8 Å². The molecular formula is C13H21NOS. The van der Waals surface area contributed by atoms with Gasteiger partial charge in [-0.1, -0.05) is 25.5 Å². The molecule has 0 saturated heterocycles. The highest BCUT2D eigenvalue weighted by atomic mass is 32.2. The highest BCUT2D eigenvalue weighted by Gasteiger charge is 2.10. The van der Waals surface area contributed by atoms with Gasteiger partial charge in [-0.05, 0) is 31.9 Å². The fraction of sp³-hybridized carbons (Fsp3) is 0.538. The Bertz CT molecular complexity index is 298. The van der Waals surface area contributed by atoms with Gasteiger partial charge in [-0.3, -0.25) is 0 Å². The van der Waals surface area contributed by atoms with Crippen LogP contribution in [-0.2, 0) is 0 Å². The first-order valence-corrected chi connectivity index (χ1v) is 6.98. The van der Waals surface area contributed by atoms with Crippen molar-refractivity contribution in [2.75, 3.05) is 19.8 Å². The number of likely N-dealkylation sites (N-methyl/N-ethyl adjacent to an activating group) is 1. The number of rotatable bonds is 7. The molecule has 0 bridgehead atoms. The lowest BCUT2D eigenvalue weighted by molar-refractivity contribution is 0.185. The molecule has 0 spiro atoms. The number of para-hydroxylation sites is 1. The van der Waals surface area contributed by atoms with Crippen LogP contribution in [0.5, 0.6) is 5.75 Å². The maximum Gasteiger partial charge on any atom is 0.133 e. The van der Waals surface area contributed by atoms with Gasteiger partial charge in [0.1, 0.15) is 11.9 Å². The van der Waals surface area contributed by atoms with E-state index in [1.165, 1.54) is 4.90 Å². The second-order valence-electron chi connectivity index (χ2n) is 3.74. The fourth-order valence-corrected chi connectivity index (χ4v) is 2.18. The lowest BCUT2D eigenvalue weighted by Crippen LogP contribution is -2.29. The molecule has 1 N–H and O–H groups in total. The van der Waals surface area contributed by atoms with Crippen LogP contribution in [0.15, 0.2) is 29.2 Å². The minimum Gasteiger partial charge on any atom is -0.488 e. The van der Waals surface area contributed by atoms with Gasteiger partial charge < -0.3 is 10.1 Å². The molecule has 0 amide bonds. The largest absolute Gasteiger partial charge is 0.488 e. The van der Waals surface area contributed by atoms with E-state index >= 15 is 0 Å². The second-order valence-corrected chi connectivity index (χ2v) is 4.59. The first-order valence-electron chi connectivity index (χ1n) is 5.76. The van der Waals surface area contributed by atoms with Crippen LogP contribution in [0.25, 0.3) is 0 Å². The summed E-state index contributed by atoms with van der Waals surface area (Å²) in [6.45, 7) is 3.09. The fourth-order valence-electron chi connectivity index (χ4n) is 1.65. The maximum absolute atomic E-state index is 6.03. The van der Waals surface area contributed by atoms with Gasteiger partial charge in [-0.2, -0.15) is 0 Å². The summed E-state index contributed by atoms with van der Waals surface area (Å²) in [5.41, 5.74) is 0. The summed E-state index contributed by atoms with van der Waals surface area (Å²) < 4.78 is 6.03. The molecule has 0 saturated carbocycles. The Kier molecular flexibility index (Phi) is 6.34. The van der Waals surface area contributed by atoms with Crippen LogP contribution < -0.4 is 10.1 Å². The topological polar surface area (TPSA) is 21.3 Å². The Morgan fingerprint density at radius 1 is 1.38 bits per heavy atom. The van der Waals surface area contributed by atoms with Gasteiger partial charge in [0.2, 0.25) is 0 Å². The third kappa shape index (κ3) is 4.06. The minimum atomic E-state index is 0.267. The highest BCUT2D eigenvalue weighted by Crippen LogP contribution is 2.28. The molecule has 2 nitrogen and oxygen atoms in total. The Labute approximate surface area is 103 Å². The summed E-state index contributed by atoms with van der Waals surface area (Å²) in [5, 5.41) is 3.18. The van der Waals surface area contributed by atoms with E-state index in [-0.39, 0.29) is 6.10 Å². The molecule has 0 aromatic heterocycles. The average molecular weight is 239 g/mol. The van der Waals surface area contributed by atoms with Crippen LogP contribution in [0.4, 0.5) is 0 Å². The van der Waals surface area contributed by atoms with Gasteiger partial charge in [-0.25, -0.2) is 0 Å². The third-order valence-corrected chi connectivity index (χ3v) is 3.18. The van der Waals surface area contributed by atoms with Crippen molar-refractivity contribution in [2.45, 2.75) is 30.8 Å². The normalized spacial score (nSPS) is 12.4. The zero-order valence-electron chi connectivity index (χ0n) is 10.3. The van der Waals surface area contributed by atoms with E-state index in [9.17, 15) is 0 Å². The van der Waals surface area contributed by atoms with E-state index in [1.807, 2.05) is 25.2 Å². The van der Waals surface area contributed by atoms with Crippen LogP contribution in [0.3, 0.4) is 0 Å². The first-order chi connectivity index (χ1) is 7.81. The van der Waals surface area contributed by atoms with Crippen LogP contribution in [0.1, 0.15) is 19.8 Å². The Morgan fingerprint density at radius 2 is 2.12 bits per heavy atom. The first kappa shape index (κ1) is 13.4. The van der Waals surface area contributed by atoms with Crippen LogP contribution in [0, 0.1) is 0 Å². The standard InChI is InChI=1S/C13H21NOS/c1-4-7-11(10-14-2)15-12-8-5-6-9-13(12)16-3/h5-6,8-9,11,14H,4,7,10H2,1-3H3. The number of nitrogens with one attached hydrogen (secondary N) is 1. The minimum absolute atomic E-state index is 0.267. The Hall–Kier alpha value is -0.670. The van der Waals surface area contributed by atoms with E-state index in [2.05, 4.69) is 24.6 Å². The summed E-state index contributed by atoms with van der Waals surface area (Å²) in [6.07, 6.45) is 4.58. The van der Waals surface area contributed by atoms with Crippen molar-refractivity contribution in [3.05, 3.63) is 24.3 Å². The molecule has 3 heteroatoms. The third-order valence-electron chi connectivity index (χ3n) is 2.41. The van der Waals surface area contributed by atoms with Crippen molar-refractivity contribution < 1.29 is 4.74 Å². The van der Waals surface area contributed by atoms with E-state index in [0.717, 1.165) is 25.1 Å². The molecule has 0 fully saturated rings. The number of thioether (sulfide) groups is 1. The summed E-state index contributed by atoms with van der Waals surface area (Å²) >= 11 is 1.73. The van der Waals surface area contributed by atoms with Gasteiger partial charge in [0.25, 0.3) is 0 Å². The Morgan fingerprint density at radius 3 is 2.75 bits per heavy atom. The van der Waals surface area contributed by atoms with E-state index in [4.69, 9.17) is 4.74 Å². The molecule has 1 atom stereocenters. The van der Waals surface area contributed by atoms with Gasteiger partial charge in [0.05, 0.1) is 0 Å². The summed E-state index contributed by atoms with van der Waals surface area (Å²) in [5.74, 6) is 1.00. The second kappa shape index (κ2) is 7.58. The smallest absolute Gasteiger partial charge is 0.133 e. The van der Waals surface area contributed by atoms with E-state index in [0.29, 0.717) is 0 Å². The maximum atomic E-state index is 6.03. The van der Waals surface area contributed by atoms with Crippen molar-refractivity contribution in [1.82, 2.24) is 5.32 Å². The SMILES string of the molecule is CCCC(CNC)Oc1ccccc1SC. The molecular weight excluding hydrogens is 218 g/mol. The lowest BCUT2D eigenvalue weighted by atomic mass is 10.2. The van der Waals surface area contributed by atoms with Crippen molar-refractivity contribution in [2.24, 2.45) is 0 Å². The van der Waals surface area contributed by atoms with Crippen molar-refractivity contribution in [1.29, 1.82) is 0 Å². The van der Waals surface area contributed by atoms with Crippen molar-refractivity contribution in [3.8, 4) is 5.75 Å². The number of benzene rings is 1. The van der Waals surface area contributed by atoms with Crippen LogP contribution in [-0.4, -0.2) is 26.0 Å². The number of hydrogen-bond acceptors (Lipinski definition) is 3. The zero-order valence-corrected chi connectivity index (χ0v) is 11.1. The molecule has 0 radical (unpaired) electrons. The molecule has 1 aromatic carbocycles. The number of hydrogen-bond donors (Lipinski definition) is 1. The van der Waals surface area contributed by atoms with Gasteiger partial charge >= 0.3 is 0 Å². The van der Waals surface area contributed by atoms with Gasteiger partial charge in [0, 0.05) is 11.4 Å². The number of ether oxygens (including phenoxy) is 1. The summed E-state index contributed by atoms with van der Waals surface area (Å²) in [6, 6.07) is 8.22. The van der Waals surface area contributed by atoms with E-state index in [1.54, 1.807) is 11.8 Å². The van der Waals surface area contributed by atoms with Crippen molar-refractivity contribution in [3.63, 3.8) is 0 Å². The molecule has 16 heavy (non-hydrogen) atoms. The summed E-state index contributed by atoms with van der Waals surface area (Å²) in [4.78, 5) is 1.21. The highest BCUT2D eigenvalue weighted by molar-refractivity contribution is 7.98. The Balaban J connectivity index is 2.67. The van der Waals surface area contributed by atoms with Crippen LogP contribution in [0.2, 0.25) is 0 Å². The lowest BCUT2D eigenvalue weighted by Gasteiger charge is -2.19. The van der Waals surface area contributed by atoms with Crippen LogP contribution >= 0.6 is 11.8 Å². The molecule has 0 aliphatic heterocycles. The van der Waals surface area contributed by atoms with Gasteiger partial charge in [-0.15, -0.1) is 11.8 Å². The predicted octanol–water partition coefficient (Wildman–Crippen LogP) is 3.18. The molecule has 0 aliphatic carbocycles. The quantitative estimate of drug-likeness (QED) is 0.738. The molecule has 1 aromatic rings. The predicted molar refractivity (Wildman–Crippen MR) is 71.5 cm³/mol. The van der Waals surface area contributed by atoms with E-state index < -0.39 is 0 Å². The monoisotopic (exact) mass is 239 g/mol. The molecule has 1 rings (SSSR count). The molecule has 90 valence electrons. The summed E-state index contributed by atoms with van der Waals surface area (Å²) in [7, 11) is 1.96.